The zero-order valence-corrected chi connectivity index (χ0v) is 20.5. The topological polar surface area (TPSA) is 0 Å². The summed E-state index contributed by atoms with van der Waals surface area (Å²) in [6.45, 7) is 0. The first-order valence-electron chi connectivity index (χ1n) is 6.77. The van der Waals surface area contributed by atoms with Crippen molar-refractivity contribution in [3.63, 3.8) is 0 Å². The van der Waals surface area contributed by atoms with E-state index in [4.69, 9.17) is 0 Å². The molecule has 2 bridgehead atoms. The van der Waals surface area contributed by atoms with Gasteiger partial charge in [-0.1, -0.05) is 67.3 Å². The number of hydrogen-bond donors (Lipinski definition) is 0. The highest BCUT2D eigenvalue weighted by molar-refractivity contribution is 9.10. The number of halogens is 2. The lowest BCUT2D eigenvalue weighted by Gasteiger charge is -2.52. The third-order valence-corrected chi connectivity index (χ3v) is 30.7. The highest BCUT2D eigenvalue weighted by atomic mass is 79.9. The van der Waals surface area contributed by atoms with Crippen LogP contribution in [0.1, 0.15) is 11.1 Å². The zero-order valence-electron chi connectivity index (χ0n) is 11.4. The third-order valence-electron chi connectivity index (χ3n) is 3.87. The minimum atomic E-state index is 0.563. The Kier molecular flexibility index (Phi) is 4.57. The minimum Gasteiger partial charge on any atom is -0.0583 e. The second kappa shape index (κ2) is 6.21. The van der Waals surface area contributed by atoms with E-state index in [1.54, 1.807) is 11.1 Å². The van der Waals surface area contributed by atoms with Crippen molar-refractivity contribution in [3.8, 4) is 0 Å². The first kappa shape index (κ1) is 16.2. The van der Waals surface area contributed by atoms with Gasteiger partial charge < -0.3 is 0 Å². The molecule has 0 unspecified atom stereocenters. The van der Waals surface area contributed by atoms with E-state index in [0.29, 0.717) is 8.57 Å². The Labute approximate surface area is 162 Å². The maximum Gasteiger partial charge on any atom is 0.0275 e. The van der Waals surface area contributed by atoms with Crippen molar-refractivity contribution in [3.05, 3.63) is 68.6 Å². The van der Waals surface area contributed by atoms with Gasteiger partial charge in [-0.05, 0) is 32.8 Å². The highest BCUT2D eigenvalue weighted by Gasteiger charge is 2.51. The lowest BCUT2D eigenvalue weighted by molar-refractivity contribution is 1.13. The lowest BCUT2D eigenvalue weighted by atomic mass is 10.2. The molecular formula is C14H8Br2Si6. The third kappa shape index (κ3) is 2.79. The van der Waals surface area contributed by atoms with Crippen molar-refractivity contribution in [2.45, 2.75) is 8.57 Å². The first-order chi connectivity index (χ1) is 10.6. The summed E-state index contributed by atoms with van der Waals surface area (Å²) in [5.74, 6) is 0. The molecule has 0 atom stereocenters. The van der Waals surface area contributed by atoms with E-state index in [9.17, 15) is 0 Å². The fraction of sp³-hybridized carbons (Fsp3) is 0.143. The monoisotopic (exact) mass is 502 g/mol. The molecule has 3 aliphatic rings. The van der Waals surface area contributed by atoms with Gasteiger partial charge in [0.05, 0.1) is 0 Å². The Morgan fingerprint density at radius 1 is 0.500 bits per heavy atom. The molecule has 2 aromatic carbocycles. The Morgan fingerprint density at radius 2 is 0.773 bits per heavy atom. The Morgan fingerprint density at radius 3 is 1.05 bits per heavy atom. The van der Waals surface area contributed by atoms with Crippen molar-refractivity contribution < 1.29 is 0 Å². The maximum absolute atomic E-state index is 3.57. The molecule has 0 amide bonds. The molecule has 3 fully saturated rings. The molecule has 22 heavy (non-hydrogen) atoms. The van der Waals surface area contributed by atoms with Gasteiger partial charge in [0.1, 0.15) is 0 Å². The van der Waals surface area contributed by atoms with E-state index in [0.717, 1.165) is 54.2 Å². The molecule has 5 rings (SSSR count). The summed E-state index contributed by atoms with van der Waals surface area (Å²) >= 11 is 7.14. The Balaban J connectivity index is 1.61. The number of fused-ring (bicyclic) bond motifs is 3. The van der Waals surface area contributed by atoms with Gasteiger partial charge in [-0.3, -0.25) is 0 Å². The van der Waals surface area contributed by atoms with Gasteiger partial charge >= 0.3 is 0 Å². The average molecular weight is 505 g/mol. The van der Waals surface area contributed by atoms with E-state index in [2.05, 4.69) is 80.4 Å². The van der Waals surface area contributed by atoms with E-state index in [-0.39, 0.29) is 0 Å². The molecule has 3 saturated heterocycles. The van der Waals surface area contributed by atoms with Crippen molar-refractivity contribution in [1.29, 1.82) is 0 Å². The van der Waals surface area contributed by atoms with E-state index < -0.39 is 0 Å². The second-order valence-corrected chi connectivity index (χ2v) is 20.6. The van der Waals surface area contributed by atoms with Crippen LogP contribution in [0, 0.1) is 0 Å². The normalized spacial score (nSPS) is 30.5. The Hall–Kier alpha value is 0.701. The molecule has 2 aromatic rings. The van der Waals surface area contributed by atoms with Crippen molar-refractivity contribution in [2.24, 2.45) is 0 Å². The molecule has 0 N–H and O–H groups in total. The van der Waals surface area contributed by atoms with Crippen molar-refractivity contribution >= 4 is 86.1 Å². The summed E-state index contributed by atoms with van der Waals surface area (Å²) in [5, 5.41) is 0. The fourth-order valence-electron chi connectivity index (χ4n) is 2.58. The van der Waals surface area contributed by atoms with E-state index in [1.807, 2.05) is 0 Å². The smallest absolute Gasteiger partial charge is 0.0275 e. The quantitative estimate of drug-likeness (QED) is 0.550. The van der Waals surface area contributed by atoms with Crippen LogP contribution >= 0.6 is 31.9 Å². The fourth-order valence-corrected chi connectivity index (χ4v) is 33.8. The minimum absolute atomic E-state index is 0.563. The summed E-state index contributed by atoms with van der Waals surface area (Å²) < 4.78 is 3.52. The summed E-state index contributed by atoms with van der Waals surface area (Å²) in [6.07, 6.45) is 0. The highest BCUT2D eigenvalue weighted by Crippen LogP contribution is 2.36. The van der Waals surface area contributed by atoms with E-state index in [1.165, 1.54) is 8.95 Å². The molecular weight excluding hydrogens is 496 g/mol. The van der Waals surface area contributed by atoms with Gasteiger partial charge in [-0.2, -0.15) is 0 Å². The van der Waals surface area contributed by atoms with Crippen LogP contribution < -0.4 is 0 Å². The molecule has 102 valence electrons. The van der Waals surface area contributed by atoms with Crippen LogP contribution in [0.3, 0.4) is 0 Å². The summed E-state index contributed by atoms with van der Waals surface area (Å²) in [7, 11) is 6.72. The molecule has 0 spiro atoms. The predicted octanol–water partition coefficient (Wildman–Crippen LogP) is 2.13. The molecule has 0 nitrogen and oxygen atoms in total. The SMILES string of the molecule is Brc1ccc(C23[Si][Si]C(c4ccc(Br)cc4)([Si][Si]2)[Si][Si]3)cc1. The van der Waals surface area contributed by atoms with Gasteiger partial charge in [0.25, 0.3) is 0 Å². The van der Waals surface area contributed by atoms with Crippen LogP contribution in [0.5, 0.6) is 0 Å². The summed E-state index contributed by atoms with van der Waals surface area (Å²) in [4.78, 5) is 0. The second-order valence-electron chi connectivity index (χ2n) is 5.26. The molecule has 0 saturated carbocycles. The predicted molar refractivity (Wildman–Crippen MR) is 106 cm³/mol. The molecule has 3 heterocycles. The van der Waals surface area contributed by atoms with Crippen LogP contribution in [-0.4, -0.2) is 54.2 Å². The van der Waals surface area contributed by atoms with E-state index >= 15 is 0 Å². The van der Waals surface area contributed by atoms with Gasteiger partial charge in [-0.25, -0.2) is 0 Å². The average Bonchev–Trinajstić information content (AvgIpc) is 2.57. The van der Waals surface area contributed by atoms with Crippen LogP contribution in [0.4, 0.5) is 0 Å². The number of hydrogen-bond acceptors (Lipinski definition) is 0. The maximum atomic E-state index is 3.57. The summed E-state index contributed by atoms with van der Waals surface area (Å²) in [5.41, 5.74) is 3.23. The lowest BCUT2D eigenvalue weighted by Crippen LogP contribution is -2.73. The van der Waals surface area contributed by atoms with Gasteiger partial charge in [0, 0.05) is 63.2 Å². The molecule has 0 aliphatic carbocycles. The molecule has 12 radical (unpaired) electrons. The molecule has 8 heteroatoms. The van der Waals surface area contributed by atoms with Crippen LogP contribution in [-0.2, 0) is 8.57 Å². The van der Waals surface area contributed by atoms with Crippen LogP contribution in [0.15, 0.2) is 57.5 Å². The van der Waals surface area contributed by atoms with Crippen LogP contribution in [0.2, 0.25) is 0 Å². The van der Waals surface area contributed by atoms with Crippen molar-refractivity contribution in [2.75, 3.05) is 0 Å². The number of benzene rings is 2. The number of rotatable bonds is 2. The standard InChI is InChI=1S/C14H8Br2Si6/c15-11-5-1-9(2-6-11)13-17-20-14(21-18-13,22-19-13)10-3-7-12(16)8-4-10/h1-8H. The summed E-state index contributed by atoms with van der Waals surface area (Å²) in [6, 6.07) is 18.4. The molecule has 3 aliphatic heterocycles. The van der Waals surface area contributed by atoms with Crippen molar-refractivity contribution in [1.82, 2.24) is 0 Å². The largest absolute Gasteiger partial charge is 0.0583 e. The Bertz CT molecular complexity index is 601. The van der Waals surface area contributed by atoms with Gasteiger partial charge in [0.2, 0.25) is 0 Å². The zero-order chi connectivity index (χ0) is 15.2. The van der Waals surface area contributed by atoms with Crippen LogP contribution in [0.25, 0.3) is 0 Å². The van der Waals surface area contributed by atoms with Gasteiger partial charge in [0.15, 0.2) is 0 Å². The molecule has 0 aromatic heterocycles. The van der Waals surface area contributed by atoms with Gasteiger partial charge in [-0.15, -0.1) is 0 Å². The first-order valence-corrected chi connectivity index (χ1v) is 17.4.